The van der Waals surface area contributed by atoms with E-state index in [1.165, 1.54) is 6.26 Å². The van der Waals surface area contributed by atoms with Crippen LogP contribution in [0, 0.1) is 0 Å². The lowest BCUT2D eigenvalue weighted by atomic mass is 10.0. The van der Waals surface area contributed by atoms with Gasteiger partial charge in [0.25, 0.3) is 0 Å². The number of nitrogens with zero attached hydrogens (tertiary/aromatic N) is 1. The summed E-state index contributed by atoms with van der Waals surface area (Å²) in [6.07, 6.45) is 2.25. The third-order valence-electron chi connectivity index (χ3n) is 3.78. The number of ether oxygens (including phenoxy) is 2. The van der Waals surface area contributed by atoms with Crippen LogP contribution in [0.5, 0.6) is 11.5 Å². The molecule has 0 spiro atoms. The van der Waals surface area contributed by atoms with Crippen LogP contribution in [-0.2, 0) is 12.0 Å². The molecular weight excluding hydrogens is 449 g/mol. The van der Waals surface area contributed by atoms with Gasteiger partial charge in [-0.2, -0.15) is 0 Å². The maximum Gasteiger partial charge on any atom is 0.188 e. The minimum atomic E-state index is -1.20. The van der Waals surface area contributed by atoms with Gasteiger partial charge in [-0.3, -0.25) is 0 Å². The van der Waals surface area contributed by atoms with Crippen LogP contribution < -0.4 is 20.5 Å². The summed E-state index contributed by atoms with van der Waals surface area (Å²) in [5.41, 5.74) is 5.74. The Bertz CT molecular complexity index is 702. The van der Waals surface area contributed by atoms with Gasteiger partial charge in [0.15, 0.2) is 17.5 Å². The van der Waals surface area contributed by atoms with E-state index in [2.05, 4.69) is 10.3 Å². The molecule has 0 aliphatic heterocycles. The molecule has 8 heteroatoms. The number of hydrogen-bond acceptors (Lipinski definition) is 5. The molecule has 1 aromatic heterocycles. The van der Waals surface area contributed by atoms with Gasteiger partial charge in [-0.1, -0.05) is 6.07 Å². The molecule has 0 amide bonds. The van der Waals surface area contributed by atoms with Gasteiger partial charge in [0.05, 0.1) is 27.0 Å². The van der Waals surface area contributed by atoms with Gasteiger partial charge in [0, 0.05) is 6.54 Å². The molecule has 1 unspecified atom stereocenters. The summed E-state index contributed by atoms with van der Waals surface area (Å²) in [7, 11) is 3.21. The summed E-state index contributed by atoms with van der Waals surface area (Å²) in [5, 5.41) is 13.4. The van der Waals surface area contributed by atoms with Crippen molar-refractivity contribution in [2.75, 3.05) is 27.3 Å². The highest BCUT2D eigenvalue weighted by Crippen LogP contribution is 2.27. The van der Waals surface area contributed by atoms with E-state index in [9.17, 15) is 5.11 Å². The van der Waals surface area contributed by atoms with E-state index in [0.29, 0.717) is 23.8 Å². The molecule has 1 heterocycles. The highest BCUT2D eigenvalue weighted by Gasteiger charge is 2.25. The molecule has 0 bridgehead atoms. The molecule has 2 rings (SSSR count). The number of rotatable bonds is 8. The first kappa shape index (κ1) is 22.1. The van der Waals surface area contributed by atoms with Gasteiger partial charge in [-0.25, -0.2) is 4.99 Å². The molecule has 2 aromatic rings. The lowest BCUT2D eigenvalue weighted by molar-refractivity contribution is 0.0437. The van der Waals surface area contributed by atoms with E-state index < -0.39 is 5.60 Å². The second-order valence-corrected chi connectivity index (χ2v) is 5.82. The minimum Gasteiger partial charge on any atom is -0.493 e. The van der Waals surface area contributed by atoms with E-state index >= 15 is 0 Å². The average molecular weight is 475 g/mol. The van der Waals surface area contributed by atoms with Gasteiger partial charge >= 0.3 is 0 Å². The Kier molecular flexibility index (Phi) is 8.73. The largest absolute Gasteiger partial charge is 0.493 e. The molecule has 1 atom stereocenters. The van der Waals surface area contributed by atoms with Crippen molar-refractivity contribution in [1.29, 1.82) is 0 Å². The van der Waals surface area contributed by atoms with Gasteiger partial charge in [0.1, 0.15) is 11.4 Å². The standard InChI is InChI=1S/C18H25N3O4.HI/c1-18(22,16-5-4-10-25-16)12-21-17(19)20-9-8-13-6-7-14(23-2)15(11-13)24-3;/h4-7,10-11,22H,8-9,12H2,1-3H3,(H3,19,20,21);1H. The normalized spacial score (nSPS) is 13.5. The predicted octanol–water partition coefficient (Wildman–Crippen LogP) is 2.27. The molecule has 0 radical (unpaired) electrons. The minimum absolute atomic E-state index is 0. The van der Waals surface area contributed by atoms with Crippen LogP contribution in [0.3, 0.4) is 0 Å². The number of hydrogen-bond donors (Lipinski definition) is 3. The summed E-state index contributed by atoms with van der Waals surface area (Å²) in [6.45, 7) is 2.34. The number of aliphatic hydroxyl groups is 1. The van der Waals surface area contributed by atoms with Gasteiger partial charge < -0.3 is 30.0 Å². The van der Waals surface area contributed by atoms with Crippen LogP contribution in [-0.4, -0.2) is 38.4 Å². The first-order valence-electron chi connectivity index (χ1n) is 7.97. The maximum absolute atomic E-state index is 10.3. The number of nitrogens with two attached hydrogens (primary N) is 1. The van der Waals surface area contributed by atoms with Crippen molar-refractivity contribution in [3.05, 3.63) is 47.9 Å². The molecule has 7 nitrogen and oxygen atoms in total. The molecule has 4 N–H and O–H groups in total. The zero-order valence-electron chi connectivity index (χ0n) is 15.2. The summed E-state index contributed by atoms with van der Waals surface area (Å²) in [4.78, 5) is 4.17. The molecule has 0 saturated carbocycles. The number of guanidine groups is 1. The van der Waals surface area contributed by atoms with Crippen LogP contribution >= 0.6 is 24.0 Å². The first-order valence-corrected chi connectivity index (χ1v) is 7.97. The van der Waals surface area contributed by atoms with Crippen LogP contribution in [0.15, 0.2) is 46.0 Å². The number of nitrogens with one attached hydrogen (secondary N) is 1. The zero-order valence-corrected chi connectivity index (χ0v) is 17.5. The quantitative estimate of drug-likeness (QED) is 0.308. The van der Waals surface area contributed by atoms with E-state index in [0.717, 1.165) is 12.0 Å². The fourth-order valence-electron chi connectivity index (χ4n) is 2.33. The van der Waals surface area contributed by atoms with Crippen molar-refractivity contribution < 1.29 is 19.0 Å². The molecule has 0 aliphatic rings. The Morgan fingerprint density at radius 2 is 2.00 bits per heavy atom. The van der Waals surface area contributed by atoms with E-state index in [1.54, 1.807) is 33.3 Å². The summed E-state index contributed by atoms with van der Waals surface area (Å²) >= 11 is 0. The van der Waals surface area contributed by atoms with Crippen LogP contribution in [0.4, 0.5) is 0 Å². The molecule has 0 aliphatic carbocycles. The predicted molar refractivity (Wildman–Crippen MR) is 111 cm³/mol. The monoisotopic (exact) mass is 475 g/mol. The SMILES string of the molecule is COc1ccc(CCNC(N)=NCC(C)(O)c2ccco2)cc1OC.I. The molecule has 1 aromatic carbocycles. The van der Waals surface area contributed by atoms with Crippen molar-refractivity contribution >= 4 is 29.9 Å². The molecule has 0 saturated heterocycles. The summed E-state index contributed by atoms with van der Waals surface area (Å²) in [5.74, 6) is 2.11. The highest BCUT2D eigenvalue weighted by atomic mass is 127. The third-order valence-corrected chi connectivity index (χ3v) is 3.78. The van der Waals surface area contributed by atoms with Crippen LogP contribution in [0.25, 0.3) is 0 Å². The van der Waals surface area contributed by atoms with Crippen LogP contribution in [0.1, 0.15) is 18.2 Å². The molecular formula is C18H26IN3O4. The summed E-state index contributed by atoms with van der Waals surface area (Å²) < 4.78 is 15.7. The van der Waals surface area contributed by atoms with E-state index in [1.807, 2.05) is 18.2 Å². The Balaban J connectivity index is 0.00000338. The van der Waals surface area contributed by atoms with Crippen LogP contribution in [0.2, 0.25) is 0 Å². The van der Waals surface area contributed by atoms with Gasteiger partial charge in [0.2, 0.25) is 0 Å². The topological polar surface area (TPSA) is 102 Å². The fourth-order valence-corrected chi connectivity index (χ4v) is 2.33. The van der Waals surface area contributed by atoms with Crippen molar-refractivity contribution in [2.24, 2.45) is 10.7 Å². The van der Waals surface area contributed by atoms with Crippen molar-refractivity contribution in [1.82, 2.24) is 5.32 Å². The molecule has 0 fully saturated rings. The zero-order chi connectivity index (χ0) is 18.3. The number of halogens is 1. The number of aliphatic imine (C=N–C) groups is 1. The average Bonchev–Trinajstić information content (AvgIpc) is 3.15. The second kappa shape index (κ2) is 10.3. The number of methoxy groups -OCH3 is 2. The Morgan fingerprint density at radius 1 is 1.27 bits per heavy atom. The maximum atomic E-state index is 10.3. The number of furan rings is 1. The van der Waals surface area contributed by atoms with Crippen molar-refractivity contribution in [3.8, 4) is 11.5 Å². The van der Waals surface area contributed by atoms with E-state index in [-0.39, 0.29) is 36.5 Å². The van der Waals surface area contributed by atoms with E-state index in [4.69, 9.17) is 19.6 Å². The van der Waals surface area contributed by atoms with Gasteiger partial charge in [-0.15, -0.1) is 24.0 Å². The van der Waals surface area contributed by atoms with Gasteiger partial charge in [-0.05, 0) is 43.2 Å². The molecule has 144 valence electrons. The smallest absolute Gasteiger partial charge is 0.188 e. The lowest BCUT2D eigenvalue weighted by Crippen LogP contribution is -2.35. The Hall–Kier alpha value is -1.94. The Labute approximate surface area is 170 Å². The second-order valence-electron chi connectivity index (χ2n) is 5.82. The third kappa shape index (κ3) is 6.10. The Morgan fingerprint density at radius 3 is 2.62 bits per heavy atom. The highest BCUT2D eigenvalue weighted by molar-refractivity contribution is 14.0. The number of benzene rings is 1. The van der Waals surface area contributed by atoms with Crippen molar-refractivity contribution in [2.45, 2.75) is 18.9 Å². The summed E-state index contributed by atoms with van der Waals surface area (Å²) in [6, 6.07) is 9.19. The molecule has 26 heavy (non-hydrogen) atoms. The van der Waals surface area contributed by atoms with Crippen molar-refractivity contribution in [3.63, 3.8) is 0 Å². The first-order chi connectivity index (χ1) is 12.0. The fraction of sp³-hybridized carbons (Fsp3) is 0.389. The lowest BCUT2D eigenvalue weighted by Gasteiger charge is -2.18.